The summed E-state index contributed by atoms with van der Waals surface area (Å²) in [6.07, 6.45) is 0.593. The van der Waals surface area contributed by atoms with Gasteiger partial charge in [0.05, 0.1) is 18.1 Å². The molecule has 1 N–H and O–H groups in total. The number of ether oxygens (including phenoxy) is 3. The van der Waals surface area contributed by atoms with Crippen molar-refractivity contribution in [2.24, 2.45) is 0 Å². The Morgan fingerprint density at radius 1 is 1.00 bits per heavy atom. The molecule has 3 aromatic carbocycles. The standard InChI is InChI=1S/C31H36FN3O7S/c1-40-19-5-16-33-31(37)30(25-6-3-2-4-7-25)35(22-24-8-10-26(32)11-9-24)29(36)23-42-27-12-14-28(15-13-27)43(38,39)34-17-20-41-21-18-34/h2-4,6-15,30H,5,16-23H2,1H3,(H,33,37)/t30-/m1/s1. The van der Waals surface area contributed by atoms with Gasteiger partial charge in [0.2, 0.25) is 15.9 Å². The first-order valence-corrected chi connectivity index (χ1v) is 15.4. The fourth-order valence-corrected chi connectivity index (χ4v) is 6.02. The highest BCUT2D eigenvalue weighted by Crippen LogP contribution is 2.25. The highest BCUT2D eigenvalue weighted by molar-refractivity contribution is 7.89. The Labute approximate surface area is 251 Å². The smallest absolute Gasteiger partial charge is 0.261 e. The summed E-state index contributed by atoms with van der Waals surface area (Å²) in [5, 5.41) is 2.89. The highest BCUT2D eigenvalue weighted by Gasteiger charge is 2.32. The van der Waals surface area contributed by atoms with E-state index in [2.05, 4.69) is 5.32 Å². The van der Waals surface area contributed by atoms with Crippen LogP contribution in [0.2, 0.25) is 0 Å². The van der Waals surface area contributed by atoms with Crippen LogP contribution in [0.4, 0.5) is 4.39 Å². The van der Waals surface area contributed by atoms with Gasteiger partial charge in [-0.25, -0.2) is 12.8 Å². The number of morpholine rings is 1. The molecule has 10 nitrogen and oxygen atoms in total. The van der Waals surface area contributed by atoms with E-state index in [1.807, 2.05) is 6.07 Å². The molecule has 2 amide bonds. The molecular weight excluding hydrogens is 577 g/mol. The average molecular weight is 614 g/mol. The van der Waals surface area contributed by atoms with Crippen LogP contribution in [0.1, 0.15) is 23.6 Å². The molecule has 1 heterocycles. The van der Waals surface area contributed by atoms with Gasteiger partial charge in [0, 0.05) is 39.9 Å². The molecule has 43 heavy (non-hydrogen) atoms. The maximum Gasteiger partial charge on any atom is 0.261 e. The average Bonchev–Trinajstić information content (AvgIpc) is 3.03. The summed E-state index contributed by atoms with van der Waals surface area (Å²) in [7, 11) is -2.10. The molecule has 1 aliphatic rings. The van der Waals surface area contributed by atoms with Crippen molar-refractivity contribution in [2.45, 2.75) is 23.9 Å². The van der Waals surface area contributed by atoms with Crippen molar-refractivity contribution in [1.29, 1.82) is 0 Å². The number of nitrogens with one attached hydrogen (secondary N) is 1. The quantitative estimate of drug-likeness (QED) is 0.278. The van der Waals surface area contributed by atoms with E-state index < -0.39 is 34.4 Å². The summed E-state index contributed by atoms with van der Waals surface area (Å²) in [5.41, 5.74) is 1.22. The van der Waals surface area contributed by atoms with Crippen molar-refractivity contribution in [2.75, 3.05) is 53.2 Å². The van der Waals surface area contributed by atoms with Gasteiger partial charge < -0.3 is 24.4 Å². The van der Waals surface area contributed by atoms with Crippen LogP contribution in [-0.2, 0) is 35.6 Å². The van der Waals surface area contributed by atoms with Gasteiger partial charge in [0.25, 0.3) is 5.91 Å². The molecule has 0 bridgehead atoms. The van der Waals surface area contributed by atoms with Crippen LogP contribution in [0.25, 0.3) is 0 Å². The van der Waals surface area contributed by atoms with E-state index in [9.17, 15) is 22.4 Å². The number of carbonyl (C=O) groups is 2. The number of benzene rings is 3. The van der Waals surface area contributed by atoms with Gasteiger partial charge in [-0.1, -0.05) is 42.5 Å². The van der Waals surface area contributed by atoms with Crippen molar-refractivity contribution < 1.29 is 36.6 Å². The number of carbonyl (C=O) groups excluding carboxylic acids is 2. The zero-order valence-corrected chi connectivity index (χ0v) is 24.8. The number of sulfonamides is 1. The van der Waals surface area contributed by atoms with Crippen LogP contribution < -0.4 is 10.1 Å². The summed E-state index contributed by atoms with van der Waals surface area (Å²) in [5.74, 6) is -0.999. The zero-order valence-electron chi connectivity index (χ0n) is 24.0. The van der Waals surface area contributed by atoms with Crippen molar-refractivity contribution >= 4 is 21.8 Å². The number of hydrogen-bond acceptors (Lipinski definition) is 7. The molecule has 0 spiro atoms. The van der Waals surface area contributed by atoms with Crippen LogP contribution >= 0.6 is 0 Å². The summed E-state index contributed by atoms with van der Waals surface area (Å²) < 4.78 is 57.0. The zero-order chi connectivity index (χ0) is 30.7. The van der Waals surface area contributed by atoms with Crippen molar-refractivity contribution in [1.82, 2.24) is 14.5 Å². The van der Waals surface area contributed by atoms with Crippen LogP contribution in [-0.4, -0.2) is 82.6 Å². The monoisotopic (exact) mass is 613 g/mol. The van der Waals surface area contributed by atoms with Crippen LogP contribution in [0.5, 0.6) is 5.75 Å². The van der Waals surface area contributed by atoms with Crippen LogP contribution in [0.3, 0.4) is 0 Å². The predicted molar refractivity (Wildman–Crippen MR) is 157 cm³/mol. The lowest BCUT2D eigenvalue weighted by Gasteiger charge is -2.31. The van der Waals surface area contributed by atoms with E-state index in [1.165, 1.54) is 45.6 Å². The summed E-state index contributed by atoms with van der Waals surface area (Å²) in [6.45, 7) is 1.65. The van der Waals surface area contributed by atoms with Gasteiger partial charge in [-0.3, -0.25) is 9.59 Å². The Bertz CT molecular complexity index is 1430. The second kappa shape index (κ2) is 15.6. The first kappa shape index (κ1) is 32.1. The number of halogens is 1. The Hall–Kier alpha value is -3.84. The van der Waals surface area contributed by atoms with Gasteiger partial charge in [0.1, 0.15) is 17.6 Å². The maximum absolute atomic E-state index is 13.7. The topological polar surface area (TPSA) is 114 Å². The second-order valence-corrected chi connectivity index (χ2v) is 11.8. The molecule has 1 fully saturated rings. The molecular formula is C31H36FN3O7S. The first-order chi connectivity index (χ1) is 20.8. The van der Waals surface area contributed by atoms with E-state index in [1.54, 1.807) is 43.5 Å². The fourth-order valence-electron chi connectivity index (χ4n) is 4.61. The van der Waals surface area contributed by atoms with E-state index in [0.717, 1.165) is 0 Å². The largest absolute Gasteiger partial charge is 0.484 e. The number of amides is 2. The van der Waals surface area contributed by atoms with E-state index >= 15 is 0 Å². The molecule has 1 saturated heterocycles. The second-order valence-electron chi connectivity index (χ2n) is 9.88. The molecule has 0 saturated carbocycles. The number of hydrogen-bond donors (Lipinski definition) is 1. The molecule has 0 aliphatic carbocycles. The summed E-state index contributed by atoms with van der Waals surface area (Å²) >= 11 is 0. The minimum absolute atomic E-state index is 0.0181. The lowest BCUT2D eigenvalue weighted by atomic mass is 10.0. The normalized spacial score (nSPS) is 14.6. The SMILES string of the molecule is COCCCNC(=O)[C@@H](c1ccccc1)N(Cc1ccc(F)cc1)C(=O)COc1ccc(S(=O)(=O)N2CCOCC2)cc1. The molecule has 1 aliphatic heterocycles. The third-order valence-corrected chi connectivity index (χ3v) is 8.79. The third-order valence-electron chi connectivity index (χ3n) is 6.88. The van der Waals surface area contributed by atoms with Gasteiger partial charge in [-0.2, -0.15) is 4.31 Å². The molecule has 0 aromatic heterocycles. The van der Waals surface area contributed by atoms with Crippen molar-refractivity contribution in [3.8, 4) is 5.75 Å². The molecule has 0 radical (unpaired) electrons. The number of rotatable bonds is 14. The molecule has 3 aromatic rings. The Balaban J connectivity index is 1.54. The van der Waals surface area contributed by atoms with Gasteiger partial charge >= 0.3 is 0 Å². The molecule has 230 valence electrons. The summed E-state index contributed by atoms with van der Waals surface area (Å²) in [6, 6.07) is 19.5. The van der Waals surface area contributed by atoms with E-state index in [-0.39, 0.29) is 36.2 Å². The minimum Gasteiger partial charge on any atom is -0.484 e. The maximum atomic E-state index is 13.7. The van der Waals surface area contributed by atoms with Gasteiger partial charge in [-0.05, 0) is 53.9 Å². The molecule has 4 rings (SSSR count). The highest BCUT2D eigenvalue weighted by atomic mass is 32.2. The Kier molecular flexibility index (Phi) is 11.6. The minimum atomic E-state index is -3.68. The van der Waals surface area contributed by atoms with Gasteiger partial charge in [0.15, 0.2) is 6.61 Å². The number of methoxy groups -OCH3 is 1. The first-order valence-electron chi connectivity index (χ1n) is 14.0. The lowest BCUT2D eigenvalue weighted by Crippen LogP contribution is -2.45. The van der Waals surface area contributed by atoms with Crippen molar-refractivity contribution in [3.63, 3.8) is 0 Å². The fraction of sp³-hybridized carbons (Fsp3) is 0.355. The molecule has 1 atom stereocenters. The van der Waals surface area contributed by atoms with Gasteiger partial charge in [-0.15, -0.1) is 0 Å². The van der Waals surface area contributed by atoms with E-state index in [4.69, 9.17) is 14.2 Å². The number of nitrogens with zero attached hydrogens (tertiary/aromatic N) is 2. The molecule has 0 unspecified atom stereocenters. The van der Waals surface area contributed by atoms with Crippen LogP contribution in [0, 0.1) is 5.82 Å². The Morgan fingerprint density at radius 3 is 2.33 bits per heavy atom. The Morgan fingerprint density at radius 2 is 1.67 bits per heavy atom. The van der Waals surface area contributed by atoms with E-state index in [0.29, 0.717) is 43.9 Å². The summed E-state index contributed by atoms with van der Waals surface area (Å²) in [4.78, 5) is 28.8. The van der Waals surface area contributed by atoms with Crippen molar-refractivity contribution in [3.05, 3.63) is 95.8 Å². The third kappa shape index (κ3) is 8.83. The lowest BCUT2D eigenvalue weighted by molar-refractivity contribution is -0.143. The van der Waals surface area contributed by atoms with Crippen LogP contribution in [0.15, 0.2) is 83.8 Å². The predicted octanol–water partition coefficient (Wildman–Crippen LogP) is 3.15. The molecule has 12 heteroatoms.